The molecule has 0 fully saturated rings. The fraction of sp³-hybridized carbons (Fsp3) is 0. The number of hydrogen-bond donors (Lipinski definition) is 0. The molecule has 0 unspecified atom stereocenters. The molecule has 0 N–H and O–H groups in total. The van der Waals surface area contributed by atoms with Crippen LogP contribution in [0, 0.1) is 0 Å². The Morgan fingerprint density at radius 2 is 0.766 bits per heavy atom. The van der Waals surface area contributed by atoms with E-state index in [-0.39, 0.29) is 0 Å². The lowest BCUT2D eigenvalue weighted by atomic mass is 10.0. The van der Waals surface area contributed by atoms with Crippen molar-refractivity contribution < 1.29 is 4.42 Å². The molecular formula is C60H40N2OSi. The van der Waals surface area contributed by atoms with Gasteiger partial charge in [-0.05, 0) is 98.6 Å². The second-order valence-electron chi connectivity index (χ2n) is 16.8. The maximum atomic E-state index is 6.62. The van der Waals surface area contributed by atoms with Crippen molar-refractivity contribution in [3.05, 3.63) is 243 Å². The zero-order valence-corrected chi connectivity index (χ0v) is 35.9. The van der Waals surface area contributed by atoms with Crippen molar-refractivity contribution in [2.45, 2.75) is 0 Å². The van der Waals surface area contributed by atoms with E-state index >= 15 is 0 Å². The Labute approximate surface area is 371 Å². The molecule has 0 atom stereocenters. The lowest BCUT2D eigenvalue weighted by Crippen LogP contribution is -2.74. The maximum Gasteiger partial charge on any atom is 0.179 e. The maximum absolute atomic E-state index is 6.62. The number of furan rings is 1. The topological polar surface area (TPSA) is 23.0 Å². The number of benzene rings is 10. The van der Waals surface area contributed by atoms with Gasteiger partial charge in [0.05, 0.1) is 27.5 Å². The van der Waals surface area contributed by atoms with Crippen LogP contribution in [0.4, 0.5) is 0 Å². The second-order valence-corrected chi connectivity index (χ2v) is 20.6. The number of hydrogen-bond acceptors (Lipinski definition) is 1. The third-order valence-corrected chi connectivity index (χ3v) is 18.3. The summed E-state index contributed by atoms with van der Waals surface area (Å²) in [5, 5.41) is 12.5. The molecule has 0 saturated heterocycles. The Kier molecular flexibility index (Phi) is 8.23. The van der Waals surface area contributed by atoms with Crippen LogP contribution in [0.25, 0.3) is 88.1 Å². The van der Waals surface area contributed by atoms with Crippen molar-refractivity contribution in [1.29, 1.82) is 0 Å². The quantitative estimate of drug-likeness (QED) is 0.116. The molecule has 13 rings (SSSR count). The van der Waals surface area contributed by atoms with Crippen LogP contribution in [0.2, 0.25) is 0 Å². The molecule has 0 aliphatic carbocycles. The van der Waals surface area contributed by atoms with E-state index in [1.54, 1.807) is 0 Å². The summed E-state index contributed by atoms with van der Waals surface area (Å²) in [7, 11) is -2.84. The number of fused-ring (bicyclic) bond motifs is 10. The van der Waals surface area contributed by atoms with Crippen LogP contribution in [-0.4, -0.2) is 17.2 Å². The summed E-state index contributed by atoms with van der Waals surface area (Å²) < 4.78 is 11.4. The molecule has 0 aliphatic heterocycles. The van der Waals surface area contributed by atoms with Gasteiger partial charge in [-0.25, -0.2) is 0 Å². The lowest BCUT2D eigenvalue weighted by molar-refractivity contribution is 0.673. The molecule has 3 aromatic heterocycles. The van der Waals surface area contributed by atoms with Gasteiger partial charge >= 0.3 is 0 Å². The van der Waals surface area contributed by atoms with Gasteiger partial charge in [0, 0.05) is 38.3 Å². The minimum atomic E-state index is -2.84. The molecule has 0 saturated carbocycles. The minimum Gasteiger partial charge on any atom is -0.455 e. The molecule has 0 amide bonds. The first-order valence-corrected chi connectivity index (χ1v) is 24.0. The number of aromatic nitrogens is 2. The fourth-order valence-corrected chi connectivity index (χ4v) is 15.4. The molecule has 13 aromatic rings. The van der Waals surface area contributed by atoms with Crippen molar-refractivity contribution in [2.24, 2.45) is 0 Å². The molecular weight excluding hydrogens is 793 g/mol. The Morgan fingerprint density at radius 3 is 1.45 bits per heavy atom. The Morgan fingerprint density at radius 1 is 0.297 bits per heavy atom. The fourth-order valence-electron chi connectivity index (χ4n) is 10.7. The summed E-state index contributed by atoms with van der Waals surface area (Å²) in [5.41, 5.74) is 11.3. The van der Waals surface area contributed by atoms with Gasteiger partial charge in [0.25, 0.3) is 0 Å². The molecule has 0 aliphatic rings. The summed E-state index contributed by atoms with van der Waals surface area (Å²) in [6.07, 6.45) is 0. The zero-order valence-electron chi connectivity index (χ0n) is 34.9. The van der Waals surface area contributed by atoms with Crippen LogP contribution >= 0.6 is 0 Å². The molecule has 0 spiro atoms. The monoisotopic (exact) mass is 832 g/mol. The average Bonchev–Trinajstić information content (AvgIpc) is 4.03. The SMILES string of the molecule is c1ccc(-n2c3ccccc3c3cc(-c4ccc([Si](c5ccccc5)(c5ccccc5)c5ccc(-n6c7ccccc7c7c8oc9ccccc9c8ccc76)cc5)cc4)ccc32)cc1. The highest BCUT2D eigenvalue weighted by Crippen LogP contribution is 2.40. The Balaban J connectivity index is 0.969. The van der Waals surface area contributed by atoms with E-state index in [2.05, 4.69) is 246 Å². The van der Waals surface area contributed by atoms with Gasteiger partial charge < -0.3 is 13.6 Å². The van der Waals surface area contributed by atoms with Crippen LogP contribution in [0.5, 0.6) is 0 Å². The largest absolute Gasteiger partial charge is 0.455 e. The number of nitrogens with zero attached hydrogens (tertiary/aromatic N) is 2. The third-order valence-electron chi connectivity index (χ3n) is 13.5. The van der Waals surface area contributed by atoms with Crippen molar-refractivity contribution in [2.75, 3.05) is 0 Å². The van der Waals surface area contributed by atoms with Crippen LogP contribution in [0.1, 0.15) is 0 Å². The smallest absolute Gasteiger partial charge is 0.179 e. The second kappa shape index (κ2) is 14.5. The standard InChI is InChI=1S/C60H40N2OSi/c1-4-16-43(17-5-1)61-54-25-13-10-22-49(54)53-40-42(30-38-56(53)61)41-28-33-47(34-29-41)64(45-18-6-2-7-19-45,46-20-8-3-9-21-46)48-35-31-44(32-36-48)62-55-26-14-11-24-52(55)59-57(62)39-37-51-50-23-12-15-27-58(50)63-60(51)59/h1-40H. The molecule has 0 bridgehead atoms. The number of para-hydroxylation sites is 4. The Bertz CT molecular complexity index is 3830. The Hall–Kier alpha value is -8.18. The van der Waals surface area contributed by atoms with E-state index in [4.69, 9.17) is 4.42 Å². The van der Waals surface area contributed by atoms with Crippen LogP contribution < -0.4 is 20.7 Å². The first-order chi connectivity index (χ1) is 31.8. The third kappa shape index (κ3) is 5.39. The van der Waals surface area contributed by atoms with E-state index in [9.17, 15) is 0 Å². The van der Waals surface area contributed by atoms with Gasteiger partial charge in [0.2, 0.25) is 0 Å². The van der Waals surface area contributed by atoms with Gasteiger partial charge in [-0.15, -0.1) is 0 Å². The van der Waals surface area contributed by atoms with Crippen LogP contribution in [-0.2, 0) is 0 Å². The molecule has 64 heavy (non-hydrogen) atoms. The lowest BCUT2D eigenvalue weighted by Gasteiger charge is -2.34. The molecule has 3 heterocycles. The summed E-state index contributed by atoms with van der Waals surface area (Å²) >= 11 is 0. The molecule has 300 valence electrons. The predicted octanol–water partition coefficient (Wildman–Crippen LogP) is 12.8. The van der Waals surface area contributed by atoms with Crippen molar-refractivity contribution >= 4 is 94.4 Å². The predicted molar refractivity (Wildman–Crippen MR) is 271 cm³/mol. The van der Waals surface area contributed by atoms with Gasteiger partial charge in [-0.3, -0.25) is 0 Å². The highest BCUT2D eigenvalue weighted by Gasteiger charge is 2.41. The molecule has 10 aromatic carbocycles. The minimum absolute atomic E-state index is 0.913. The summed E-state index contributed by atoms with van der Waals surface area (Å²) in [6, 6.07) is 89.2. The van der Waals surface area contributed by atoms with Crippen molar-refractivity contribution in [3.8, 4) is 22.5 Å². The highest BCUT2D eigenvalue weighted by atomic mass is 28.3. The zero-order chi connectivity index (χ0) is 42.2. The summed E-state index contributed by atoms with van der Waals surface area (Å²) in [6.45, 7) is 0. The van der Waals surface area contributed by atoms with Gasteiger partial charge in [-0.2, -0.15) is 0 Å². The van der Waals surface area contributed by atoms with Gasteiger partial charge in [-0.1, -0.05) is 176 Å². The van der Waals surface area contributed by atoms with Crippen LogP contribution in [0.3, 0.4) is 0 Å². The van der Waals surface area contributed by atoms with Crippen molar-refractivity contribution in [3.63, 3.8) is 0 Å². The first kappa shape index (κ1) is 36.5. The normalized spacial score (nSPS) is 12.1. The molecule has 0 radical (unpaired) electrons. The van der Waals surface area contributed by atoms with Gasteiger partial charge in [0.15, 0.2) is 8.07 Å². The number of rotatable bonds is 7. The molecule has 4 heteroatoms. The van der Waals surface area contributed by atoms with Crippen LogP contribution in [0.15, 0.2) is 247 Å². The molecule has 3 nitrogen and oxygen atoms in total. The van der Waals surface area contributed by atoms with E-state index in [1.807, 2.05) is 6.07 Å². The van der Waals surface area contributed by atoms with Crippen molar-refractivity contribution in [1.82, 2.24) is 9.13 Å². The first-order valence-electron chi connectivity index (χ1n) is 22.0. The van der Waals surface area contributed by atoms with E-state index in [0.29, 0.717) is 0 Å². The van der Waals surface area contributed by atoms with Gasteiger partial charge in [0.1, 0.15) is 11.2 Å². The highest BCUT2D eigenvalue weighted by molar-refractivity contribution is 7.19. The van der Waals surface area contributed by atoms with E-state index < -0.39 is 8.07 Å². The van der Waals surface area contributed by atoms with E-state index in [0.717, 1.165) is 44.0 Å². The average molecular weight is 833 g/mol. The van der Waals surface area contributed by atoms with E-state index in [1.165, 1.54) is 64.8 Å². The summed E-state index contributed by atoms with van der Waals surface area (Å²) in [5.74, 6) is 0. The summed E-state index contributed by atoms with van der Waals surface area (Å²) in [4.78, 5) is 0.